The van der Waals surface area contributed by atoms with Gasteiger partial charge in [-0.1, -0.05) is 12.1 Å². The molecule has 0 saturated carbocycles. The summed E-state index contributed by atoms with van der Waals surface area (Å²) in [4.78, 5) is 34.6. The van der Waals surface area contributed by atoms with Gasteiger partial charge < -0.3 is 29.4 Å². The van der Waals surface area contributed by atoms with Gasteiger partial charge in [-0.25, -0.2) is 0 Å². The van der Waals surface area contributed by atoms with Crippen molar-refractivity contribution < 1.29 is 33.7 Å². The summed E-state index contributed by atoms with van der Waals surface area (Å²) in [6.45, 7) is 2.14. The maximum atomic E-state index is 12.6. The largest absolute Gasteiger partial charge is 0.497 e. The molecule has 2 unspecified atom stereocenters. The molecule has 1 aliphatic heterocycles. The van der Waals surface area contributed by atoms with Crippen molar-refractivity contribution >= 4 is 18.2 Å². The third-order valence-corrected chi connectivity index (χ3v) is 5.10. The van der Waals surface area contributed by atoms with Gasteiger partial charge in [-0.15, -0.1) is 0 Å². The normalized spacial score (nSPS) is 21.8. The first-order chi connectivity index (χ1) is 14.3. The maximum Gasteiger partial charge on any atom is 0.305 e. The van der Waals surface area contributed by atoms with Gasteiger partial charge in [0.15, 0.2) is 0 Å². The van der Waals surface area contributed by atoms with Gasteiger partial charge in [0.05, 0.1) is 25.6 Å². The van der Waals surface area contributed by atoms with Crippen LogP contribution in [-0.2, 0) is 23.9 Å². The molecule has 1 aromatic rings. The van der Waals surface area contributed by atoms with Crippen LogP contribution in [0.25, 0.3) is 0 Å². The Balaban J connectivity index is 2.23. The monoisotopic (exact) mass is 422 g/mol. The second kappa shape index (κ2) is 11.1. The smallest absolute Gasteiger partial charge is 0.305 e. The van der Waals surface area contributed by atoms with Gasteiger partial charge in [0.25, 0.3) is 0 Å². The molecule has 1 fully saturated rings. The topological polar surface area (TPSA) is 123 Å². The zero-order valence-electron chi connectivity index (χ0n) is 17.6. The van der Waals surface area contributed by atoms with Crippen molar-refractivity contribution in [3.63, 3.8) is 0 Å². The lowest BCUT2D eigenvalue weighted by Gasteiger charge is -2.44. The van der Waals surface area contributed by atoms with E-state index < -0.39 is 42.2 Å². The number of nitrogens with one attached hydrogen (secondary N) is 2. The van der Waals surface area contributed by atoms with Gasteiger partial charge in [-0.2, -0.15) is 0 Å². The van der Waals surface area contributed by atoms with Gasteiger partial charge in [0.2, 0.25) is 5.91 Å². The molecular weight excluding hydrogens is 392 g/mol. The van der Waals surface area contributed by atoms with Gasteiger partial charge in [-0.05, 0) is 43.9 Å². The fourth-order valence-electron chi connectivity index (χ4n) is 3.67. The average Bonchev–Trinajstić information content (AvgIpc) is 2.74. The molecule has 0 bridgehead atoms. The van der Waals surface area contributed by atoms with E-state index in [4.69, 9.17) is 19.3 Å². The summed E-state index contributed by atoms with van der Waals surface area (Å²) in [6.07, 6.45) is 1.79. The van der Waals surface area contributed by atoms with Gasteiger partial charge in [0.1, 0.15) is 23.9 Å². The molecule has 1 heterocycles. The van der Waals surface area contributed by atoms with Crippen LogP contribution < -0.4 is 15.4 Å². The number of aldehydes is 1. The average molecular weight is 422 g/mol. The van der Waals surface area contributed by atoms with Crippen molar-refractivity contribution in [2.24, 2.45) is 0 Å². The molecule has 1 saturated heterocycles. The third-order valence-electron chi connectivity index (χ3n) is 5.10. The number of carboxylic acids is 1. The van der Waals surface area contributed by atoms with Gasteiger partial charge >= 0.3 is 5.97 Å². The van der Waals surface area contributed by atoms with E-state index in [9.17, 15) is 14.4 Å². The predicted octanol–water partition coefficient (Wildman–Crippen LogP) is 1.42. The van der Waals surface area contributed by atoms with E-state index in [0.29, 0.717) is 25.1 Å². The van der Waals surface area contributed by atoms with Crippen molar-refractivity contribution in [1.29, 1.82) is 0 Å². The van der Waals surface area contributed by atoms with Crippen molar-refractivity contribution in [1.82, 2.24) is 10.6 Å². The summed E-state index contributed by atoms with van der Waals surface area (Å²) in [5, 5.41) is 14.6. The highest BCUT2D eigenvalue weighted by Crippen LogP contribution is 2.38. The molecule has 166 valence electrons. The first kappa shape index (κ1) is 23.8. The standard InChI is InChI=1S/C21H30N2O7/c1-14(20(27)22-16(13-24)12-18(25)26)23-21(9-4-5-10-30-21)19(29-3)15-7-6-8-17(11-15)28-2/h6-8,11,13-14,16,19,23H,4-5,9-10,12H2,1-3H3,(H,22,27)(H,25,26)/t14-,16-,19?,21?/m0/s1. The number of hydrogen-bond donors (Lipinski definition) is 3. The number of methoxy groups -OCH3 is 2. The van der Waals surface area contributed by atoms with E-state index in [1.807, 2.05) is 24.3 Å². The first-order valence-electron chi connectivity index (χ1n) is 9.91. The van der Waals surface area contributed by atoms with Gasteiger partial charge in [0, 0.05) is 13.7 Å². The Morgan fingerprint density at radius 3 is 2.67 bits per heavy atom. The van der Waals surface area contributed by atoms with Crippen LogP contribution in [0.15, 0.2) is 24.3 Å². The molecule has 0 aliphatic carbocycles. The molecule has 9 heteroatoms. The maximum absolute atomic E-state index is 12.6. The van der Waals surface area contributed by atoms with Crippen LogP contribution in [0.5, 0.6) is 5.75 Å². The number of amides is 1. The highest BCUT2D eigenvalue weighted by Gasteiger charge is 2.44. The quantitative estimate of drug-likeness (QED) is 0.458. The predicted molar refractivity (Wildman–Crippen MR) is 108 cm³/mol. The Labute approximate surface area is 176 Å². The zero-order chi connectivity index (χ0) is 22.1. The van der Waals surface area contributed by atoms with Crippen molar-refractivity contribution in [2.75, 3.05) is 20.8 Å². The van der Waals surface area contributed by atoms with E-state index in [1.54, 1.807) is 21.1 Å². The fourth-order valence-corrected chi connectivity index (χ4v) is 3.67. The minimum Gasteiger partial charge on any atom is -0.497 e. The number of aliphatic carboxylic acids is 1. The van der Waals surface area contributed by atoms with E-state index >= 15 is 0 Å². The molecule has 3 N–H and O–H groups in total. The highest BCUT2D eigenvalue weighted by molar-refractivity contribution is 5.85. The molecule has 0 spiro atoms. The summed E-state index contributed by atoms with van der Waals surface area (Å²) in [6, 6.07) is 5.58. The lowest BCUT2D eigenvalue weighted by atomic mass is 9.90. The molecule has 0 radical (unpaired) electrons. The summed E-state index contributed by atoms with van der Waals surface area (Å²) in [5.41, 5.74) is -0.143. The molecule has 1 aliphatic rings. The summed E-state index contributed by atoms with van der Waals surface area (Å²) in [7, 11) is 3.16. The number of hydrogen-bond acceptors (Lipinski definition) is 7. The lowest BCUT2D eigenvalue weighted by molar-refractivity contribution is -0.185. The molecule has 1 amide bonds. The first-order valence-corrected chi connectivity index (χ1v) is 9.91. The van der Waals surface area contributed by atoms with E-state index in [2.05, 4.69) is 10.6 Å². The lowest BCUT2D eigenvalue weighted by Crippen LogP contribution is -2.61. The molecule has 0 aromatic heterocycles. The summed E-state index contributed by atoms with van der Waals surface area (Å²) >= 11 is 0. The zero-order valence-corrected chi connectivity index (χ0v) is 17.6. The Morgan fingerprint density at radius 2 is 2.10 bits per heavy atom. The van der Waals surface area contributed by atoms with Crippen LogP contribution in [0, 0.1) is 0 Å². The Morgan fingerprint density at radius 1 is 1.33 bits per heavy atom. The van der Waals surface area contributed by atoms with Crippen molar-refractivity contribution in [2.45, 2.75) is 56.5 Å². The van der Waals surface area contributed by atoms with Crippen LogP contribution in [-0.4, -0.2) is 61.9 Å². The second-order valence-electron chi connectivity index (χ2n) is 7.30. The summed E-state index contributed by atoms with van der Waals surface area (Å²) < 4.78 is 17.3. The van der Waals surface area contributed by atoms with Crippen molar-refractivity contribution in [3.8, 4) is 5.75 Å². The molecule has 4 atom stereocenters. The Kier molecular flexibility index (Phi) is 8.76. The minimum absolute atomic E-state index is 0.416. The molecule has 2 rings (SSSR count). The highest BCUT2D eigenvalue weighted by atomic mass is 16.6. The van der Waals surface area contributed by atoms with Crippen LogP contribution in [0.1, 0.15) is 44.3 Å². The number of carboxylic acid groups (broad SMARTS) is 1. The van der Waals surface area contributed by atoms with Crippen LogP contribution in [0.4, 0.5) is 0 Å². The fraction of sp³-hybridized carbons (Fsp3) is 0.571. The van der Waals surface area contributed by atoms with E-state index in [-0.39, 0.29) is 0 Å². The number of benzene rings is 1. The molecule has 30 heavy (non-hydrogen) atoms. The minimum atomic E-state index is -1.17. The SMILES string of the molecule is COc1cccc(C(OC)C2(N[C@@H](C)C(=O)N[C@H](C=O)CC(=O)O)CCCCO2)c1. The van der Waals surface area contributed by atoms with Crippen LogP contribution in [0.2, 0.25) is 0 Å². The van der Waals surface area contributed by atoms with E-state index in [0.717, 1.165) is 18.4 Å². The third kappa shape index (κ3) is 6.01. The number of carbonyl (C=O) groups is 3. The van der Waals surface area contributed by atoms with Gasteiger partial charge in [-0.3, -0.25) is 14.9 Å². The molecular formula is C21H30N2O7. The van der Waals surface area contributed by atoms with Crippen LogP contribution in [0.3, 0.4) is 0 Å². The Hall–Kier alpha value is -2.49. The molecule has 1 aromatic carbocycles. The molecule has 9 nitrogen and oxygen atoms in total. The number of carbonyl (C=O) groups excluding carboxylic acids is 2. The second-order valence-corrected chi connectivity index (χ2v) is 7.30. The number of rotatable bonds is 11. The number of ether oxygens (including phenoxy) is 3. The van der Waals surface area contributed by atoms with E-state index in [1.165, 1.54) is 0 Å². The van der Waals surface area contributed by atoms with Crippen molar-refractivity contribution in [3.05, 3.63) is 29.8 Å². The van der Waals surface area contributed by atoms with Crippen LogP contribution >= 0.6 is 0 Å². The Bertz CT molecular complexity index is 734. The summed E-state index contributed by atoms with van der Waals surface area (Å²) in [5.74, 6) is -0.992.